The number of aromatic nitrogens is 2. The minimum atomic E-state index is -0.798. The Morgan fingerprint density at radius 2 is 1.71 bits per heavy atom. The monoisotopic (exact) mass is 289 g/mol. The fourth-order valence-electron chi connectivity index (χ4n) is 2.08. The number of nitrogens with two attached hydrogens (primary N) is 1. The summed E-state index contributed by atoms with van der Waals surface area (Å²) in [6, 6.07) is 5.94. The Bertz CT molecular complexity index is 862. The molecule has 0 aliphatic carbocycles. The number of rotatable bonds is 1. The van der Waals surface area contributed by atoms with Gasteiger partial charge in [-0.25, -0.2) is 23.1 Å². The van der Waals surface area contributed by atoms with E-state index in [2.05, 4.69) is 9.97 Å². The Labute approximate surface area is 118 Å². The van der Waals surface area contributed by atoms with Crippen molar-refractivity contribution in [3.63, 3.8) is 0 Å². The normalized spacial score (nSPS) is 11.0. The van der Waals surface area contributed by atoms with E-state index in [1.807, 2.05) is 0 Å². The number of halogens is 3. The molecule has 0 saturated heterocycles. The van der Waals surface area contributed by atoms with Gasteiger partial charge in [0.15, 0.2) is 5.82 Å². The molecule has 3 aromatic rings. The average Bonchev–Trinajstić information content (AvgIpc) is 2.42. The van der Waals surface area contributed by atoms with Crippen molar-refractivity contribution in [2.45, 2.75) is 6.92 Å². The molecule has 0 unspecified atom stereocenters. The van der Waals surface area contributed by atoms with E-state index in [-0.39, 0.29) is 28.3 Å². The SMILES string of the molecule is Cc1cc(-c2nc(N)c3ccc(F)cc3n2)c(F)cc1F. The highest BCUT2D eigenvalue weighted by Crippen LogP contribution is 2.27. The zero-order chi connectivity index (χ0) is 15.1. The summed E-state index contributed by atoms with van der Waals surface area (Å²) in [5.74, 6) is -1.84. The summed E-state index contributed by atoms with van der Waals surface area (Å²) in [5, 5.41) is 0.472. The van der Waals surface area contributed by atoms with Gasteiger partial charge in [0.05, 0.1) is 11.1 Å². The van der Waals surface area contributed by atoms with E-state index in [1.165, 1.54) is 31.2 Å². The molecule has 0 atom stereocenters. The molecule has 0 fully saturated rings. The average molecular weight is 289 g/mol. The second-order valence-corrected chi connectivity index (χ2v) is 4.68. The summed E-state index contributed by atoms with van der Waals surface area (Å²) in [5.41, 5.74) is 6.33. The predicted octanol–water partition coefficient (Wildman–Crippen LogP) is 3.60. The first kappa shape index (κ1) is 13.4. The Morgan fingerprint density at radius 3 is 2.48 bits per heavy atom. The van der Waals surface area contributed by atoms with Gasteiger partial charge in [-0.2, -0.15) is 0 Å². The fourth-order valence-corrected chi connectivity index (χ4v) is 2.08. The van der Waals surface area contributed by atoms with Crippen molar-refractivity contribution in [3.05, 3.63) is 53.3 Å². The highest BCUT2D eigenvalue weighted by atomic mass is 19.1. The molecular weight excluding hydrogens is 279 g/mol. The summed E-state index contributed by atoms with van der Waals surface area (Å²) in [6.45, 7) is 1.50. The third-order valence-electron chi connectivity index (χ3n) is 3.18. The molecule has 3 rings (SSSR count). The van der Waals surface area contributed by atoms with E-state index in [0.717, 1.165) is 6.07 Å². The molecule has 1 heterocycles. The smallest absolute Gasteiger partial charge is 0.165 e. The van der Waals surface area contributed by atoms with Crippen molar-refractivity contribution in [2.75, 3.05) is 5.73 Å². The van der Waals surface area contributed by atoms with Gasteiger partial charge in [0.1, 0.15) is 23.3 Å². The van der Waals surface area contributed by atoms with Crippen LogP contribution in [0.5, 0.6) is 0 Å². The van der Waals surface area contributed by atoms with Crippen molar-refractivity contribution in [1.29, 1.82) is 0 Å². The van der Waals surface area contributed by atoms with Gasteiger partial charge >= 0.3 is 0 Å². The standard InChI is InChI=1S/C15H10F3N3/c1-7-4-10(12(18)6-11(7)17)15-20-13-5-8(16)2-3-9(13)14(19)21-15/h2-6H,1H3,(H2,19,20,21). The van der Waals surface area contributed by atoms with Crippen LogP contribution in [0.3, 0.4) is 0 Å². The number of nitrogen functional groups attached to an aromatic ring is 1. The molecule has 21 heavy (non-hydrogen) atoms. The van der Waals surface area contributed by atoms with E-state index >= 15 is 0 Å². The lowest BCUT2D eigenvalue weighted by atomic mass is 10.1. The zero-order valence-corrected chi connectivity index (χ0v) is 11.0. The Morgan fingerprint density at radius 1 is 0.952 bits per heavy atom. The molecule has 0 amide bonds. The van der Waals surface area contributed by atoms with Crippen LogP contribution in [0.15, 0.2) is 30.3 Å². The molecule has 2 N–H and O–H groups in total. The van der Waals surface area contributed by atoms with Crippen LogP contribution in [0, 0.1) is 24.4 Å². The summed E-state index contributed by atoms with van der Waals surface area (Å²) >= 11 is 0. The van der Waals surface area contributed by atoms with Crippen LogP contribution in [0.25, 0.3) is 22.3 Å². The molecule has 106 valence electrons. The minimum absolute atomic E-state index is 0.00815. The number of benzene rings is 2. The Kier molecular flexibility index (Phi) is 3.01. The first-order valence-electron chi connectivity index (χ1n) is 6.14. The molecule has 6 heteroatoms. The van der Waals surface area contributed by atoms with Crippen molar-refractivity contribution in [1.82, 2.24) is 9.97 Å². The van der Waals surface area contributed by atoms with E-state index in [1.54, 1.807) is 0 Å². The molecule has 0 radical (unpaired) electrons. The van der Waals surface area contributed by atoms with Gasteiger partial charge in [0.2, 0.25) is 0 Å². The van der Waals surface area contributed by atoms with E-state index in [4.69, 9.17) is 5.73 Å². The largest absolute Gasteiger partial charge is 0.383 e. The van der Waals surface area contributed by atoms with Gasteiger partial charge < -0.3 is 5.73 Å². The van der Waals surface area contributed by atoms with Crippen LogP contribution < -0.4 is 5.73 Å². The second-order valence-electron chi connectivity index (χ2n) is 4.68. The zero-order valence-electron chi connectivity index (χ0n) is 11.0. The highest BCUT2D eigenvalue weighted by molar-refractivity contribution is 5.89. The summed E-state index contributed by atoms with van der Waals surface area (Å²) in [6.07, 6.45) is 0. The maximum atomic E-state index is 13.9. The van der Waals surface area contributed by atoms with Crippen molar-refractivity contribution >= 4 is 16.7 Å². The maximum Gasteiger partial charge on any atom is 0.165 e. The van der Waals surface area contributed by atoms with E-state index in [9.17, 15) is 13.2 Å². The number of fused-ring (bicyclic) bond motifs is 1. The molecule has 2 aromatic carbocycles. The third kappa shape index (κ3) is 2.29. The summed E-state index contributed by atoms with van der Waals surface area (Å²) in [4.78, 5) is 8.12. The molecule has 3 nitrogen and oxygen atoms in total. The van der Waals surface area contributed by atoms with Crippen LogP contribution in [0.4, 0.5) is 19.0 Å². The quantitative estimate of drug-likeness (QED) is 0.744. The molecular formula is C15H10F3N3. The molecule has 0 bridgehead atoms. The van der Waals surface area contributed by atoms with Gasteiger partial charge in [0.25, 0.3) is 0 Å². The van der Waals surface area contributed by atoms with Gasteiger partial charge in [-0.05, 0) is 30.7 Å². The Hall–Kier alpha value is -2.63. The lowest BCUT2D eigenvalue weighted by Crippen LogP contribution is -2.00. The molecule has 0 saturated carbocycles. The lowest BCUT2D eigenvalue weighted by Gasteiger charge is -2.08. The lowest BCUT2D eigenvalue weighted by molar-refractivity contribution is 0.579. The second kappa shape index (κ2) is 4.73. The summed E-state index contributed by atoms with van der Waals surface area (Å²) < 4.78 is 40.5. The molecule has 0 aliphatic rings. The van der Waals surface area contributed by atoms with Crippen LogP contribution in [-0.4, -0.2) is 9.97 Å². The number of nitrogens with zero attached hydrogens (tertiary/aromatic N) is 2. The van der Waals surface area contributed by atoms with E-state index < -0.39 is 17.5 Å². The molecule has 0 aliphatic heterocycles. The topological polar surface area (TPSA) is 51.8 Å². The highest BCUT2D eigenvalue weighted by Gasteiger charge is 2.14. The van der Waals surface area contributed by atoms with Crippen LogP contribution in [0.1, 0.15) is 5.56 Å². The van der Waals surface area contributed by atoms with Crippen molar-refractivity contribution in [2.24, 2.45) is 0 Å². The fraction of sp³-hybridized carbons (Fsp3) is 0.0667. The van der Waals surface area contributed by atoms with Gasteiger partial charge in [-0.15, -0.1) is 0 Å². The van der Waals surface area contributed by atoms with Crippen molar-refractivity contribution < 1.29 is 13.2 Å². The molecule has 1 aromatic heterocycles. The van der Waals surface area contributed by atoms with Gasteiger partial charge in [0, 0.05) is 17.5 Å². The van der Waals surface area contributed by atoms with Crippen molar-refractivity contribution in [3.8, 4) is 11.4 Å². The molecule has 0 spiro atoms. The minimum Gasteiger partial charge on any atom is -0.383 e. The van der Waals surface area contributed by atoms with Crippen LogP contribution in [0.2, 0.25) is 0 Å². The maximum absolute atomic E-state index is 13.9. The number of anilines is 1. The first-order chi connectivity index (χ1) is 9.95. The van der Waals surface area contributed by atoms with Gasteiger partial charge in [-0.1, -0.05) is 0 Å². The Balaban J connectivity index is 2.28. The summed E-state index contributed by atoms with van der Waals surface area (Å²) in [7, 11) is 0. The van der Waals surface area contributed by atoms with E-state index in [0.29, 0.717) is 5.39 Å². The van der Waals surface area contributed by atoms with Crippen LogP contribution >= 0.6 is 0 Å². The van der Waals surface area contributed by atoms with Crippen LogP contribution in [-0.2, 0) is 0 Å². The number of hydrogen-bond acceptors (Lipinski definition) is 3. The number of hydrogen-bond donors (Lipinski definition) is 1. The first-order valence-corrected chi connectivity index (χ1v) is 6.14. The number of aryl methyl sites for hydroxylation is 1. The third-order valence-corrected chi connectivity index (χ3v) is 3.18. The predicted molar refractivity (Wildman–Crippen MR) is 74.0 cm³/mol. The van der Waals surface area contributed by atoms with Gasteiger partial charge in [-0.3, -0.25) is 0 Å².